The minimum absolute atomic E-state index is 0.0164. The Balaban J connectivity index is 1.58. The molecule has 18 heavy (non-hydrogen) atoms. The van der Waals surface area contributed by atoms with Crippen molar-refractivity contribution in [3.63, 3.8) is 0 Å². The van der Waals surface area contributed by atoms with Gasteiger partial charge in [0, 0.05) is 38.2 Å². The van der Waals surface area contributed by atoms with Gasteiger partial charge in [-0.3, -0.25) is 4.79 Å². The third-order valence-corrected chi connectivity index (χ3v) is 3.68. The summed E-state index contributed by atoms with van der Waals surface area (Å²) in [7, 11) is 0. The second-order valence-corrected chi connectivity index (χ2v) is 5.16. The number of hydrogen-bond donors (Lipinski definition) is 1. The molecule has 1 saturated heterocycles. The topological polar surface area (TPSA) is 56.1 Å². The van der Waals surface area contributed by atoms with E-state index < -0.39 is 0 Å². The van der Waals surface area contributed by atoms with Crippen LogP contribution >= 0.6 is 0 Å². The lowest BCUT2D eigenvalue weighted by Gasteiger charge is -2.10. The highest BCUT2D eigenvalue weighted by Crippen LogP contribution is 2.33. The molecular formula is C13H19N3O2. The lowest BCUT2D eigenvalue weighted by Crippen LogP contribution is -2.24. The number of hydrogen-bond acceptors (Lipinski definition) is 4. The van der Waals surface area contributed by atoms with Crippen molar-refractivity contribution in [1.82, 2.24) is 9.55 Å². The zero-order valence-corrected chi connectivity index (χ0v) is 10.5. The fourth-order valence-corrected chi connectivity index (χ4v) is 2.39. The van der Waals surface area contributed by atoms with Crippen LogP contribution in [0.2, 0.25) is 0 Å². The van der Waals surface area contributed by atoms with Gasteiger partial charge in [-0.2, -0.15) is 0 Å². The quantitative estimate of drug-likeness (QED) is 0.857. The van der Waals surface area contributed by atoms with Gasteiger partial charge in [0.25, 0.3) is 5.56 Å². The number of anilines is 1. The van der Waals surface area contributed by atoms with E-state index in [0.717, 1.165) is 45.4 Å². The van der Waals surface area contributed by atoms with Crippen LogP contribution in [0.5, 0.6) is 0 Å². The summed E-state index contributed by atoms with van der Waals surface area (Å²) in [4.78, 5) is 16.2. The van der Waals surface area contributed by atoms with Crippen LogP contribution in [0.25, 0.3) is 0 Å². The molecule has 0 radical (unpaired) electrons. The first-order valence-corrected chi connectivity index (χ1v) is 6.73. The first-order valence-electron chi connectivity index (χ1n) is 6.73. The monoisotopic (exact) mass is 249 g/mol. The number of rotatable bonds is 5. The summed E-state index contributed by atoms with van der Waals surface area (Å²) in [5.74, 6) is 1.12. The van der Waals surface area contributed by atoms with Crippen molar-refractivity contribution in [2.75, 3.05) is 25.1 Å². The smallest absolute Gasteiger partial charge is 0.293 e. The number of ether oxygens (including phenoxy) is 1. The van der Waals surface area contributed by atoms with Gasteiger partial charge in [-0.15, -0.1) is 0 Å². The molecule has 1 aliphatic heterocycles. The summed E-state index contributed by atoms with van der Waals surface area (Å²) < 4.78 is 7.13. The molecule has 1 N–H and O–H groups in total. The molecule has 0 aromatic carbocycles. The molecule has 1 saturated carbocycles. The van der Waals surface area contributed by atoms with Crippen LogP contribution < -0.4 is 10.9 Å². The van der Waals surface area contributed by atoms with Gasteiger partial charge in [-0.25, -0.2) is 4.98 Å². The summed E-state index contributed by atoms with van der Waals surface area (Å²) >= 11 is 0. The minimum atomic E-state index is 0.0164. The Morgan fingerprint density at radius 2 is 2.33 bits per heavy atom. The first kappa shape index (κ1) is 11.7. The highest BCUT2D eigenvalue weighted by Gasteiger charge is 2.25. The minimum Gasteiger partial charge on any atom is -0.381 e. The Morgan fingerprint density at radius 3 is 3.06 bits per heavy atom. The summed E-state index contributed by atoms with van der Waals surface area (Å²) in [5.41, 5.74) is 0.0164. The average molecular weight is 249 g/mol. The van der Waals surface area contributed by atoms with E-state index in [0.29, 0.717) is 17.8 Å². The summed E-state index contributed by atoms with van der Waals surface area (Å²) in [6.45, 7) is 2.53. The molecule has 5 nitrogen and oxygen atoms in total. The Bertz CT molecular complexity index is 462. The zero-order valence-electron chi connectivity index (χ0n) is 10.5. The van der Waals surface area contributed by atoms with Crippen molar-refractivity contribution in [2.45, 2.75) is 31.7 Å². The zero-order chi connectivity index (χ0) is 12.4. The van der Waals surface area contributed by atoms with Crippen molar-refractivity contribution in [1.29, 1.82) is 0 Å². The van der Waals surface area contributed by atoms with Gasteiger partial charge >= 0.3 is 0 Å². The SMILES string of the molecule is O=c1c(NCCC2CCOC2)nccn1C1CC1. The molecule has 2 fully saturated rings. The van der Waals surface area contributed by atoms with E-state index >= 15 is 0 Å². The predicted octanol–water partition coefficient (Wildman–Crippen LogP) is 1.42. The molecule has 1 aromatic rings. The molecule has 2 aliphatic rings. The van der Waals surface area contributed by atoms with E-state index in [2.05, 4.69) is 10.3 Å². The summed E-state index contributed by atoms with van der Waals surface area (Å²) in [6, 6.07) is 0.407. The average Bonchev–Trinajstić information content (AvgIpc) is 3.09. The Labute approximate surface area is 106 Å². The first-order chi connectivity index (χ1) is 8.84. The molecule has 1 aliphatic carbocycles. The van der Waals surface area contributed by atoms with Gasteiger partial charge in [0.2, 0.25) is 0 Å². The molecule has 0 bridgehead atoms. The summed E-state index contributed by atoms with van der Waals surface area (Å²) in [5, 5.41) is 3.16. The van der Waals surface area contributed by atoms with Crippen molar-refractivity contribution < 1.29 is 4.74 Å². The maximum absolute atomic E-state index is 12.1. The summed E-state index contributed by atoms with van der Waals surface area (Å²) in [6.07, 6.45) is 7.90. The van der Waals surface area contributed by atoms with Crippen LogP contribution in [0.4, 0.5) is 5.82 Å². The maximum Gasteiger partial charge on any atom is 0.293 e. The standard InChI is InChI=1S/C13H19N3O2/c17-13-12(14-5-3-10-4-8-18-9-10)15-6-7-16(13)11-1-2-11/h6-7,10-11H,1-5,8-9H2,(H,14,15). The molecule has 1 atom stereocenters. The fourth-order valence-electron chi connectivity index (χ4n) is 2.39. The van der Waals surface area contributed by atoms with Crippen LogP contribution in [0, 0.1) is 5.92 Å². The largest absolute Gasteiger partial charge is 0.381 e. The molecule has 0 spiro atoms. The van der Waals surface area contributed by atoms with Crippen LogP contribution in [0.1, 0.15) is 31.7 Å². The van der Waals surface area contributed by atoms with Crippen molar-refractivity contribution in [3.8, 4) is 0 Å². The number of nitrogens with zero attached hydrogens (tertiary/aromatic N) is 2. The normalized spacial score (nSPS) is 23.2. The van der Waals surface area contributed by atoms with Crippen LogP contribution in [0.3, 0.4) is 0 Å². The van der Waals surface area contributed by atoms with Crippen molar-refractivity contribution >= 4 is 5.82 Å². The number of nitrogens with one attached hydrogen (secondary N) is 1. The molecular weight excluding hydrogens is 230 g/mol. The molecule has 1 aromatic heterocycles. The van der Waals surface area contributed by atoms with E-state index in [1.165, 1.54) is 0 Å². The van der Waals surface area contributed by atoms with Crippen molar-refractivity contribution in [3.05, 3.63) is 22.7 Å². The van der Waals surface area contributed by atoms with E-state index in [1.54, 1.807) is 17.0 Å². The Kier molecular flexibility index (Phi) is 3.32. The molecule has 3 rings (SSSR count). The molecule has 0 amide bonds. The van der Waals surface area contributed by atoms with Gasteiger partial charge in [-0.05, 0) is 31.6 Å². The Hall–Kier alpha value is -1.36. The van der Waals surface area contributed by atoms with Gasteiger partial charge in [0.1, 0.15) is 0 Å². The molecule has 2 heterocycles. The lowest BCUT2D eigenvalue weighted by atomic mass is 10.1. The molecule has 5 heteroatoms. The highest BCUT2D eigenvalue weighted by molar-refractivity contribution is 5.31. The van der Waals surface area contributed by atoms with Gasteiger partial charge < -0.3 is 14.6 Å². The second kappa shape index (κ2) is 5.10. The van der Waals surface area contributed by atoms with Crippen molar-refractivity contribution in [2.24, 2.45) is 5.92 Å². The van der Waals surface area contributed by atoms with E-state index in [4.69, 9.17) is 4.74 Å². The second-order valence-electron chi connectivity index (χ2n) is 5.16. The maximum atomic E-state index is 12.1. The third-order valence-electron chi connectivity index (χ3n) is 3.68. The van der Waals surface area contributed by atoms with E-state index in [1.807, 2.05) is 0 Å². The highest BCUT2D eigenvalue weighted by atomic mass is 16.5. The van der Waals surface area contributed by atoms with Crippen LogP contribution in [-0.4, -0.2) is 29.3 Å². The third kappa shape index (κ3) is 2.56. The molecule has 1 unspecified atom stereocenters. The number of aromatic nitrogens is 2. The van der Waals surface area contributed by atoms with Gasteiger partial charge in [0.15, 0.2) is 5.82 Å². The van der Waals surface area contributed by atoms with Crippen LogP contribution in [-0.2, 0) is 4.74 Å². The lowest BCUT2D eigenvalue weighted by molar-refractivity contribution is 0.185. The predicted molar refractivity (Wildman–Crippen MR) is 68.8 cm³/mol. The van der Waals surface area contributed by atoms with E-state index in [-0.39, 0.29) is 5.56 Å². The van der Waals surface area contributed by atoms with Gasteiger partial charge in [0.05, 0.1) is 0 Å². The van der Waals surface area contributed by atoms with E-state index in [9.17, 15) is 4.79 Å². The van der Waals surface area contributed by atoms with Gasteiger partial charge in [-0.1, -0.05) is 0 Å². The fraction of sp³-hybridized carbons (Fsp3) is 0.692. The Morgan fingerprint density at radius 1 is 1.44 bits per heavy atom. The van der Waals surface area contributed by atoms with Crippen LogP contribution in [0.15, 0.2) is 17.2 Å². The molecule has 98 valence electrons.